The Morgan fingerprint density at radius 3 is 1.50 bits per heavy atom. The molecule has 0 spiro atoms. The summed E-state index contributed by atoms with van der Waals surface area (Å²) in [5.41, 5.74) is 11.0. The third-order valence-corrected chi connectivity index (χ3v) is 9.92. The molecular formula is C44H34O4. The highest BCUT2D eigenvalue weighted by Crippen LogP contribution is 2.64. The van der Waals surface area contributed by atoms with E-state index in [1.54, 1.807) is 36.4 Å². The predicted octanol–water partition coefficient (Wildman–Crippen LogP) is 9.43. The van der Waals surface area contributed by atoms with Crippen LogP contribution in [0.4, 0.5) is 0 Å². The third-order valence-electron chi connectivity index (χ3n) is 9.92. The molecule has 0 amide bonds. The van der Waals surface area contributed by atoms with E-state index < -0.39 is 17.4 Å². The zero-order valence-electron chi connectivity index (χ0n) is 27.1. The van der Waals surface area contributed by atoms with Crippen LogP contribution in [-0.4, -0.2) is 11.9 Å². The van der Waals surface area contributed by atoms with Gasteiger partial charge in [0.25, 0.3) is 0 Å². The van der Waals surface area contributed by atoms with E-state index in [4.69, 9.17) is 9.47 Å². The van der Waals surface area contributed by atoms with Gasteiger partial charge in [0.1, 0.15) is 11.5 Å². The monoisotopic (exact) mass is 626 g/mol. The summed E-state index contributed by atoms with van der Waals surface area (Å²) in [6.45, 7) is 6.06. The Morgan fingerprint density at radius 1 is 0.542 bits per heavy atom. The molecule has 4 nitrogen and oxygen atoms in total. The maximum absolute atomic E-state index is 13.8. The van der Waals surface area contributed by atoms with Crippen molar-refractivity contribution in [2.45, 2.75) is 38.5 Å². The highest BCUT2D eigenvalue weighted by atomic mass is 16.5. The van der Waals surface area contributed by atoms with Crippen LogP contribution in [0.5, 0.6) is 11.5 Å². The van der Waals surface area contributed by atoms with Crippen LogP contribution in [0.25, 0.3) is 0 Å². The predicted molar refractivity (Wildman–Crippen MR) is 187 cm³/mol. The van der Waals surface area contributed by atoms with E-state index in [-0.39, 0.29) is 5.92 Å². The minimum Gasteiger partial charge on any atom is -0.423 e. The molecule has 0 N–H and O–H groups in total. The molecule has 6 aromatic rings. The van der Waals surface area contributed by atoms with Crippen molar-refractivity contribution < 1.29 is 19.1 Å². The molecule has 6 aromatic carbocycles. The van der Waals surface area contributed by atoms with E-state index >= 15 is 0 Å². The molecule has 3 aliphatic carbocycles. The maximum Gasteiger partial charge on any atom is 0.343 e. The molecule has 2 bridgehead atoms. The fourth-order valence-corrected chi connectivity index (χ4v) is 7.64. The second kappa shape index (κ2) is 11.5. The van der Waals surface area contributed by atoms with Crippen molar-refractivity contribution in [3.8, 4) is 11.5 Å². The Hall–Kier alpha value is -5.74. The van der Waals surface area contributed by atoms with Gasteiger partial charge in [-0.25, -0.2) is 9.59 Å². The minimum absolute atomic E-state index is 0.230. The minimum atomic E-state index is -0.734. The number of carbonyl (C=O) groups excluding carboxylic acids is 2. The number of aryl methyl sites for hydroxylation is 3. The molecule has 9 rings (SSSR count). The number of esters is 2. The van der Waals surface area contributed by atoms with Gasteiger partial charge in [0, 0.05) is 17.0 Å². The van der Waals surface area contributed by atoms with E-state index in [1.165, 1.54) is 5.56 Å². The first-order chi connectivity index (χ1) is 23.3. The van der Waals surface area contributed by atoms with Gasteiger partial charge in [-0.2, -0.15) is 0 Å². The van der Waals surface area contributed by atoms with Crippen molar-refractivity contribution in [2.24, 2.45) is 0 Å². The van der Waals surface area contributed by atoms with Gasteiger partial charge in [-0.1, -0.05) is 114 Å². The first-order valence-corrected chi connectivity index (χ1v) is 16.3. The topological polar surface area (TPSA) is 52.6 Å². The number of ether oxygens (including phenoxy) is 2. The second-order valence-corrected chi connectivity index (χ2v) is 13.0. The van der Waals surface area contributed by atoms with Crippen LogP contribution in [0, 0.1) is 20.8 Å². The first kappa shape index (κ1) is 29.6. The fraction of sp³-hybridized carbons (Fsp3) is 0.136. The lowest BCUT2D eigenvalue weighted by Crippen LogP contribution is -2.44. The third kappa shape index (κ3) is 4.75. The smallest absolute Gasteiger partial charge is 0.343 e. The summed E-state index contributed by atoms with van der Waals surface area (Å²) in [6.07, 6.45) is 0.617. The Kier molecular flexibility index (Phi) is 7.10. The molecule has 3 aliphatic rings. The van der Waals surface area contributed by atoms with Crippen molar-refractivity contribution >= 4 is 11.9 Å². The van der Waals surface area contributed by atoms with Gasteiger partial charge in [0.15, 0.2) is 0 Å². The molecule has 0 atom stereocenters. The van der Waals surface area contributed by atoms with Crippen molar-refractivity contribution in [3.63, 3.8) is 0 Å². The molecule has 0 aromatic heterocycles. The van der Waals surface area contributed by atoms with E-state index in [2.05, 4.69) is 79.7 Å². The van der Waals surface area contributed by atoms with Crippen LogP contribution < -0.4 is 9.47 Å². The largest absolute Gasteiger partial charge is 0.423 e. The van der Waals surface area contributed by atoms with Crippen molar-refractivity contribution in [3.05, 3.63) is 200 Å². The summed E-state index contributed by atoms with van der Waals surface area (Å²) in [5, 5.41) is 0. The Labute approximate surface area is 280 Å². The molecule has 0 saturated heterocycles. The van der Waals surface area contributed by atoms with Gasteiger partial charge in [-0.15, -0.1) is 0 Å². The quantitative estimate of drug-likeness (QED) is 0.137. The molecular weight excluding hydrogens is 592 g/mol. The lowest BCUT2D eigenvalue weighted by Gasteiger charge is -2.51. The van der Waals surface area contributed by atoms with Gasteiger partial charge in [0.2, 0.25) is 0 Å². The highest BCUT2D eigenvalue weighted by Gasteiger charge is 2.54. The SMILES string of the molecule is Cc1ccc(CC23c4ccccc4C(c4ccccc42)c2c(OC(=O)c4ccc(C)cc4)ccc(OC(=O)c4ccc(C)cc4)c23)cc1. The van der Waals surface area contributed by atoms with Crippen LogP contribution in [0.3, 0.4) is 0 Å². The molecule has 0 unspecified atom stereocenters. The van der Waals surface area contributed by atoms with Crippen molar-refractivity contribution in [2.75, 3.05) is 0 Å². The van der Waals surface area contributed by atoms with Crippen molar-refractivity contribution in [1.82, 2.24) is 0 Å². The Morgan fingerprint density at radius 2 is 0.979 bits per heavy atom. The summed E-state index contributed by atoms with van der Waals surface area (Å²) >= 11 is 0. The second-order valence-electron chi connectivity index (χ2n) is 13.0. The average Bonchev–Trinajstić information content (AvgIpc) is 3.11. The molecule has 0 radical (unpaired) electrons. The van der Waals surface area contributed by atoms with Gasteiger partial charge in [0.05, 0.1) is 16.5 Å². The van der Waals surface area contributed by atoms with E-state index in [1.807, 2.05) is 38.1 Å². The molecule has 0 saturated carbocycles. The molecule has 0 heterocycles. The van der Waals surface area contributed by atoms with Gasteiger partial charge < -0.3 is 9.47 Å². The number of carbonyl (C=O) groups is 2. The number of hydrogen-bond donors (Lipinski definition) is 0. The number of rotatable bonds is 6. The molecule has 234 valence electrons. The van der Waals surface area contributed by atoms with E-state index in [0.29, 0.717) is 29.0 Å². The zero-order valence-corrected chi connectivity index (χ0v) is 27.1. The fourth-order valence-electron chi connectivity index (χ4n) is 7.64. The lowest BCUT2D eigenvalue weighted by molar-refractivity contribution is 0.0714. The first-order valence-electron chi connectivity index (χ1n) is 16.3. The number of benzene rings is 6. The summed E-state index contributed by atoms with van der Waals surface area (Å²) in [5.74, 6) is -0.168. The maximum atomic E-state index is 13.8. The molecule has 0 aliphatic heterocycles. The Bertz CT molecular complexity index is 2160. The van der Waals surface area contributed by atoms with Crippen LogP contribution in [0.1, 0.15) is 82.3 Å². The normalized spacial score (nSPS) is 16.8. The molecule has 48 heavy (non-hydrogen) atoms. The van der Waals surface area contributed by atoms with Gasteiger partial charge in [-0.3, -0.25) is 0 Å². The Balaban J connectivity index is 1.39. The molecule has 4 heteroatoms. The summed E-state index contributed by atoms with van der Waals surface area (Å²) in [4.78, 5) is 27.5. The average molecular weight is 627 g/mol. The van der Waals surface area contributed by atoms with Crippen LogP contribution >= 0.6 is 0 Å². The lowest BCUT2D eigenvalue weighted by atomic mass is 9.51. The van der Waals surface area contributed by atoms with Crippen LogP contribution in [-0.2, 0) is 11.8 Å². The zero-order chi connectivity index (χ0) is 33.0. The van der Waals surface area contributed by atoms with Crippen LogP contribution in [0.15, 0.2) is 133 Å². The summed E-state index contributed by atoms with van der Waals surface area (Å²) in [6, 6.07) is 44.1. The summed E-state index contributed by atoms with van der Waals surface area (Å²) < 4.78 is 12.7. The summed E-state index contributed by atoms with van der Waals surface area (Å²) in [7, 11) is 0. The van der Waals surface area contributed by atoms with E-state index in [9.17, 15) is 9.59 Å². The molecule has 0 fully saturated rings. The number of hydrogen-bond acceptors (Lipinski definition) is 4. The van der Waals surface area contributed by atoms with Gasteiger partial charge >= 0.3 is 11.9 Å². The highest BCUT2D eigenvalue weighted by molar-refractivity contribution is 5.93. The van der Waals surface area contributed by atoms with Crippen molar-refractivity contribution in [1.29, 1.82) is 0 Å². The van der Waals surface area contributed by atoms with E-state index in [0.717, 1.165) is 50.1 Å². The standard InChI is InChI=1S/C44H34O4/c1-27-12-18-30(19-13-27)26-44-35-10-6-4-8-33(35)39(34-9-5-7-11-36(34)44)40-37(47-42(45)31-20-14-28(2)15-21-31)24-25-38(41(40)44)48-43(46)32-22-16-29(3)17-23-32/h4-25,39H,26H2,1-3H3. The van der Waals surface area contributed by atoms with Gasteiger partial charge in [-0.05, 0) is 91.4 Å². The van der Waals surface area contributed by atoms with Crippen LogP contribution in [0.2, 0.25) is 0 Å².